The number of aliphatic hydroxyl groups excluding tert-OH is 1. The Hall–Kier alpha value is -1.62. The fraction of sp³-hybridized carbons (Fsp3) is 0.533. The number of hydrogen-bond acceptors (Lipinski definition) is 3. The minimum atomic E-state index is -1.49. The summed E-state index contributed by atoms with van der Waals surface area (Å²) in [6.07, 6.45) is -1.52. The van der Waals surface area contributed by atoms with Crippen molar-refractivity contribution in [3.8, 4) is 5.75 Å². The summed E-state index contributed by atoms with van der Waals surface area (Å²) in [5.41, 5.74) is -0.184. The molecule has 114 valence electrons. The number of benzene rings is 1. The molecule has 0 bridgehead atoms. The highest BCUT2D eigenvalue weighted by Crippen LogP contribution is 2.35. The summed E-state index contributed by atoms with van der Waals surface area (Å²) in [5.74, 6) is -1.25. The molecule has 0 spiro atoms. The highest BCUT2D eigenvalue weighted by Gasteiger charge is 2.30. The summed E-state index contributed by atoms with van der Waals surface area (Å²) in [5, 5.41) is 18.1. The average Bonchev–Trinajstić information content (AvgIpc) is 2.40. The molecule has 1 rings (SSSR count). The van der Waals surface area contributed by atoms with Gasteiger partial charge in [0.2, 0.25) is 0 Å². The van der Waals surface area contributed by atoms with E-state index >= 15 is 0 Å². The first-order valence-corrected chi connectivity index (χ1v) is 6.53. The average molecular weight is 286 g/mol. The number of carboxylic acid groups (broad SMARTS) is 1. The van der Waals surface area contributed by atoms with Crippen LogP contribution in [0.5, 0.6) is 5.75 Å². The molecule has 1 aromatic carbocycles. The number of carboxylic acids is 1. The van der Waals surface area contributed by atoms with E-state index in [-0.39, 0.29) is 6.42 Å². The molecule has 0 amide bonds. The van der Waals surface area contributed by atoms with Gasteiger partial charge in [0.05, 0.1) is 7.11 Å². The van der Waals surface area contributed by atoms with Gasteiger partial charge >= 0.3 is 5.97 Å². The summed E-state index contributed by atoms with van der Waals surface area (Å²) < 4.78 is 18.4. The molecule has 20 heavy (non-hydrogen) atoms. The van der Waals surface area contributed by atoms with Gasteiger partial charge in [0.25, 0.3) is 0 Å². The predicted molar refractivity (Wildman–Crippen MR) is 75.6 cm³/mol. The van der Waals surface area contributed by atoms with E-state index in [1.165, 1.54) is 25.3 Å². The molecular weight excluding hydrogens is 263 g/mol. The standard InChI is InChI=1S/C13H17FO4.C2H6/c1-13(2,7-10(15)12(16)17)9-6-8(14)4-5-11(9)18-3;1-2/h4-6,10,15H,7H2,1-3H3,(H,16,17);1-2H3. The number of hydrogen-bond donors (Lipinski definition) is 2. The lowest BCUT2D eigenvalue weighted by Crippen LogP contribution is -2.30. The second-order valence-corrected chi connectivity index (χ2v) is 4.79. The first-order chi connectivity index (χ1) is 9.27. The Bertz CT molecular complexity index is 443. The molecule has 0 aliphatic heterocycles. The highest BCUT2D eigenvalue weighted by molar-refractivity contribution is 5.72. The van der Waals surface area contributed by atoms with Crippen molar-refractivity contribution in [3.05, 3.63) is 29.6 Å². The maximum absolute atomic E-state index is 13.3. The largest absolute Gasteiger partial charge is 0.496 e. The van der Waals surface area contributed by atoms with Gasteiger partial charge in [0.15, 0.2) is 6.10 Å². The zero-order chi connectivity index (χ0) is 15.9. The fourth-order valence-corrected chi connectivity index (χ4v) is 1.89. The third kappa shape index (κ3) is 4.81. The minimum Gasteiger partial charge on any atom is -0.496 e. The molecule has 0 fully saturated rings. The van der Waals surface area contributed by atoms with Gasteiger partial charge in [-0.25, -0.2) is 9.18 Å². The van der Waals surface area contributed by atoms with E-state index in [4.69, 9.17) is 9.84 Å². The first-order valence-electron chi connectivity index (χ1n) is 6.53. The van der Waals surface area contributed by atoms with E-state index in [0.29, 0.717) is 11.3 Å². The molecule has 1 unspecified atom stereocenters. The summed E-state index contributed by atoms with van der Waals surface area (Å²) in [4.78, 5) is 10.7. The molecule has 2 N–H and O–H groups in total. The lowest BCUT2D eigenvalue weighted by Gasteiger charge is -2.28. The van der Waals surface area contributed by atoms with Gasteiger partial charge < -0.3 is 14.9 Å². The van der Waals surface area contributed by atoms with Gasteiger partial charge in [-0.1, -0.05) is 27.7 Å². The van der Waals surface area contributed by atoms with Gasteiger partial charge in [0.1, 0.15) is 11.6 Å². The molecule has 0 radical (unpaired) electrons. The zero-order valence-corrected chi connectivity index (χ0v) is 12.6. The Morgan fingerprint density at radius 1 is 1.40 bits per heavy atom. The molecular formula is C15H23FO4. The van der Waals surface area contributed by atoms with Crippen LogP contribution in [0.25, 0.3) is 0 Å². The van der Waals surface area contributed by atoms with Crippen LogP contribution in [0.3, 0.4) is 0 Å². The number of carbonyl (C=O) groups is 1. The van der Waals surface area contributed by atoms with Crippen LogP contribution in [0.1, 0.15) is 39.7 Å². The first kappa shape index (κ1) is 18.4. The van der Waals surface area contributed by atoms with Crippen LogP contribution < -0.4 is 4.74 Å². The number of halogens is 1. The molecule has 0 saturated heterocycles. The fourth-order valence-electron chi connectivity index (χ4n) is 1.89. The monoisotopic (exact) mass is 286 g/mol. The van der Waals surface area contributed by atoms with Crippen LogP contribution in [0.15, 0.2) is 18.2 Å². The summed E-state index contributed by atoms with van der Waals surface area (Å²) in [7, 11) is 1.46. The molecule has 5 heteroatoms. The lowest BCUT2D eigenvalue weighted by atomic mass is 9.79. The maximum atomic E-state index is 13.3. The molecule has 4 nitrogen and oxygen atoms in total. The van der Waals surface area contributed by atoms with E-state index in [2.05, 4.69) is 0 Å². The van der Waals surface area contributed by atoms with Crippen LogP contribution in [-0.2, 0) is 10.2 Å². The third-order valence-corrected chi connectivity index (χ3v) is 2.88. The van der Waals surface area contributed by atoms with Gasteiger partial charge in [-0.15, -0.1) is 0 Å². The minimum absolute atomic E-state index is 0.0256. The van der Waals surface area contributed by atoms with Crippen LogP contribution in [0.4, 0.5) is 4.39 Å². The summed E-state index contributed by atoms with van der Waals surface area (Å²) >= 11 is 0. The molecule has 0 aliphatic rings. The van der Waals surface area contributed by atoms with Crippen molar-refractivity contribution in [3.63, 3.8) is 0 Å². The highest BCUT2D eigenvalue weighted by atomic mass is 19.1. The van der Waals surface area contributed by atoms with Gasteiger partial charge in [-0.05, 0) is 30.0 Å². The van der Waals surface area contributed by atoms with Crippen molar-refractivity contribution < 1.29 is 24.1 Å². The van der Waals surface area contributed by atoms with E-state index in [1.807, 2.05) is 13.8 Å². The summed E-state index contributed by atoms with van der Waals surface area (Å²) in [6.45, 7) is 7.47. The normalized spacial score (nSPS) is 12.2. The maximum Gasteiger partial charge on any atom is 0.332 e. The topological polar surface area (TPSA) is 66.8 Å². The van der Waals surface area contributed by atoms with Crippen molar-refractivity contribution in [2.45, 2.75) is 45.6 Å². The number of rotatable bonds is 5. The van der Waals surface area contributed by atoms with E-state index < -0.39 is 23.3 Å². The number of aliphatic hydroxyl groups is 1. The van der Waals surface area contributed by atoms with E-state index in [0.717, 1.165) is 0 Å². The molecule has 1 aromatic rings. The third-order valence-electron chi connectivity index (χ3n) is 2.88. The van der Waals surface area contributed by atoms with Crippen LogP contribution >= 0.6 is 0 Å². The van der Waals surface area contributed by atoms with Gasteiger partial charge in [0, 0.05) is 5.56 Å². The number of aliphatic carboxylic acids is 1. The molecule has 0 heterocycles. The van der Waals surface area contributed by atoms with Crippen LogP contribution in [-0.4, -0.2) is 29.4 Å². The molecule has 1 atom stereocenters. The quantitative estimate of drug-likeness (QED) is 0.873. The Labute approximate surface area is 119 Å². The van der Waals surface area contributed by atoms with Crippen LogP contribution in [0, 0.1) is 5.82 Å². The van der Waals surface area contributed by atoms with Crippen molar-refractivity contribution in [1.29, 1.82) is 0 Å². The lowest BCUT2D eigenvalue weighted by molar-refractivity contribution is -0.147. The second kappa shape index (κ2) is 7.85. The summed E-state index contributed by atoms with van der Waals surface area (Å²) in [6, 6.07) is 4.05. The van der Waals surface area contributed by atoms with Crippen molar-refractivity contribution >= 4 is 5.97 Å². The smallest absolute Gasteiger partial charge is 0.332 e. The van der Waals surface area contributed by atoms with Crippen molar-refractivity contribution in [1.82, 2.24) is 0 Å². The molecule has 0 saturated carbocycles. The number of ether oxygens (including phenoxy) is 1. The number of methoxy groups -OCH3 is 1. The van der Waals surface area contributed by atoms with Crippen molar-refractivity contribution in [2.75, 3.05) is 7.11 Å². The van der Waals surface area contributed by atoms with Crippen molar-refractivity contribution in [2.24, 2.45) is 0 Å². The zero-order valence-electron chi connectivity index (χ0n) is 12.6. The second-order valence-electron chi connectivity index (χ2n) is 4.79. The SMILES string of the molecule is CC.COc1ccc(F)cc1C(C)(C)CC(O)C(=O)O. The van der Waals surface area contributed by atoms with Gasteiger partial charge in [-0.3, -0.25) is 0 Å². The Morgan fingerprint density at radius 2 is 1.95 bits per heavy atom. The molecule has 0 aromatic heterocycles. The van der Waals surface area contributed by atoms with Gasteiger partial charge in [-0.2, -0.15) is 0 Å². The molecule has 0 aliphatic carbocycles. The predicted octanol–water partition coefficient (Wildman–Crippen LogP) is 2.97. The Balaban J connectivity index is 0.00000172. The van der Waals surface area contributed by atoms with Crippen LogP contribution in [0.2, 0.25) is 0 Å². The van der Waals surface area contributed by atoms with E-state index in [9.17, 15) is 14.3 Å². The van der Waals surface area contributed by atoms with E-state index in [1.54, 1.807) is 13.8 Å². The Morgan fingerprint density at radius 3 is 2.40 bits per heavy atom. The Kier molecular flexibility index (Phi) is 7.21.